The number of hydrogen-bond acceptors (Lipinski definition) is 7. The van der Waals surface area contributed by atoms with Gasteiger partial charge in [0.1, 0.15) is 0 Å². The summed E-state index contributed by atoms with van der Waals surface area (Å²) in [6.07, 6.45) is 0. The maximum atomic E-state index is 12.7. The number of rotatable bonds is 3. The molecule has 0 atom stereocenters. The van der Waals surface area contributed by atoms with Crippen LogP contribution in [0.2, 0.25) is 0 Å². The van der Waals surface area contributed by atoms with Crippen LogP contribution in [0.15, 0.2) is 41.3 Å². The maximum absolute atomic E-state index is 12.7. The van der Waals surface area contributed by atoms with E-state index in [0.29, 0.717) is 27.8 Å². The summed E-state index contributed by atoms with van der Waals surface area (Å²) in [5.74, 6) is 0. The van der Waals surface area contributed by atoms with Gasteiger partial charge in [-0.1, -0.05) is 0 Å². The van der Waals surface area contributed by atoms with E-state index in [4.69, 9.17) is 0 Å². The summed E-state index contributed by atoms with van der Waals surface area (Å²) in [6, 6.07) is 10.1. The average Bonchev–Trinajstić information content (AvgIpc) is 3.15. The molecule has 0 aliphatic rings. The number of benzene rings is 2. The molecule has 0 spiro atoms. The first-order chi connectivity index (χ1) is 10.6. The van der Waals surface area contributed by atoms with Crippen LogP contribution in [-0.4, -0.2) is 40.1 Å². The van der Waals surface area contributed by atoms with Gasteiger partial charge in [-0.15, -0.1) is 0 Å². The van der Waals surface area contributed by atoms with E-state index in [1.54, 1.807) is 30.3 Å². The van der Waals surface area contributed by atoms with Crippen molar-refractivity contribution in [1.29, 1.82) is 0 Å². The fraction of sp³-hybridized carbons (Fsp3) is 0. The van der Waals surface area contributed by atoms with E-state index in [1.807, 2.05) is 0 Å². The Bertz CT molecular complexity index is 1090. The summed E-state index contributed by atoms with van der Waals surface area (Å²) in [5.41, 5.74) is 2.65. The third-order valence-corrected chi connectivity index (χ3v) is 6.15. The number of aromatic nitrogens is 4. The summed E-state index contributed by atoms with van der Waals surface area (Å²) in [4.78, 5) is 0.133. The molecule has 0 saturated carbocycles. The van der Waals surface area contributed by atoms with Gasteiger partial charge in [0.15, 0.2) is 0 Å². The van der Waals surface area contributed by atoms with Gasteiger partial charge in [-0.3, -0.25) is 0 Å². The molecule has 10 heteroatoms. The number of fused-ring (bicyclic) bond motifs is 2. The monoisotopic (exact) mass is 397 g/mol. The third-order valence-electron chi connectivity index (χ3n) is 3.07. The first-order valence-electron chi connectivity index (χ1n) is 6.10. The molecule has 2 aromatic heterocycles. The van der Waals surface area contributed by atoms with Crippen LogP contribution < -0.4 is 4.72 Å². The van der Waals surface area contributed by atoms with E-state index in [0.717, 1.165) is 11.7 Å². The van der Waals surface area contributed by atoms with E-state index >= 15 is 0 Å². The van der Waals surface area contributed by atoms with Gasteiger partial charge in [-0.2, -0.15) is 0 Å². The van der Waals surface area contributed by atoms with Crippen molar-refractivity contribution in [2.24, 2.45) is 0 Å². The van der Waals surface area contributed by atoms with Crippen molar-refractivity contribution in [3.63, 3.8) is 0 Å². The van der Waals surface area contributed by atoms with E-state index in [1.165, 1.54) is 6.07 Å². The molecule has 2 heterocycles. The van der Waals surface area contributed by atoms with Gasteiger partial charge in [-0.05, 0) is 0 Å². The quantitative estimate of drug-likeness (QED) is 0.527. The Morgan fingerprint density at radius 2 is 1.77 bits per heavy atom. The molecule has 4 rings (SSSR count). The predicted molar refractivity (Wildman–Crippen MR) is 84.7 cm³/mol. The normalized spacial score (nSPS) is 12.0. The van der Waals surface area contributed by atoms with Gasteiger partial charge < -0.3 is 0 Å². The molecule has 0 amide bonds. The first-order valence-corrected chi connectivity index (χ1v) is 9.85. The average molecular weight is 396 g/mol. The van der Waals surface area contributed by atoms with Crippen LogP contribution in [0.3, 0.4) is 0 Å². The minimum absolute atomic E-state index is 0.133. The number of anilines is 1. The van der Waals surface area contributed by atoms with Gasteiger partial charge >= 0.3 is 136 Å². The number of hydrogen-bond donors (Lipinski definition) is 1. The Morgan fingerprint density at radius 1 is 0.955 bits per heavy atom. The van der Waals surface area contributed by atoms with Gasteiger partial charge in [0.2, 0.25) is 0 Å². The van der Waals surface area contributed by atoms with Crippen molar-refractivity contribution in [1.82, 2.24) is 16.7 Å². The Kier molecular flexibility index (Phi) is 3.19. The van der Waals surface area contributed by atoms with Gasteiger partial charge in [0.05, 0.1) is 0 Å². The SMILES string of the molecule is O=S(=O)(Nc1cccc2nsnc12)c1cccc2n[se]nc12. The van der Waals surface area contributed by atoms with E-state index in [-0.39, 0.29) is 19.9 Å². The summed E-state index contributed by atoms with van der Waals surface area (Å²) in [6.45, 7) is 0. The Hall–Kier alpha value is -1.87. The van der Waals surface area contributed by atoms with Crippen molar-refractivity contribution in [3.05, 3.63) is 36.4 Å². The molecule has 0 aliphatic heterocycles. The van der Waals surface area contributed by atoms with E-state index in [9.17, 15) is 8.42 Å². The fourth-order valence-electron chi connectivity index (χ4n) is 2.09. The van der Waals surface area contributed by atoms with Crippen molar-refractivity contribution < 1.29 is 8.42 Å². The number of nitrogens with one attached hydrogen (secondary N) is 1. The predicted octanol–water partition coefficient (Wildman–Crippen LogP) is 1.49. The molecule has 7 nitrogen and oxygen atoms in total. The van der Waals surface area contributed by atoms with Crippen LogP contribution in [0.4, 0.5) is 5.69 Å². The molecule has 0 radical (unpaired) electrons. The van der Waals surface area contributed by atoms with E-state index in [2.05, 4.69) is 21.4 Å². The van der Waals surface area contributed by atoms with Crippen LogP contribution in [0, 0.1) is 0 Å². The first kappa shape index (κ1) is 13.8. The molecule has 4 aromatic rings. The standard InChI is InChI=1S/C12H7N5O2S2Se/c18-21(19,10-6-2-5-9-12(10)17-22-16-9)15-8-4-1-3-7-11(8)14-20-13-7/h1-6,15H. The minimum atomic E-state index is -3.76. The van der Waals surface area contributed by atoms with Crippen LogP contribution in [0.5, 0.6) is 0 Å². The van der Waals surface area contributed by atoms with Crippen LogP contribution in [0.1, 0.15) is 0 Å². The van der Waals surface area contributed by atoms with Crippen molar-refractivity contribution in [2.45, 2.75) is 4.90 Å². The molecule has 0 aliphatic carbocycles. The molecule has 0 fully saturated rings. The zero-order chi connectivity index (χ0) is 15.2. The molecule has 22 heavy (non-hydrogen) atoms. The Labute approximate surface area is 135 Å². The Balaban J connectivity index is 1.85. The number of nitrogens with zero attached hydrogens (tertiary/aromatic N) is 4. The van der Waals surface area contributed by atoms with Crippen LogP contribution >= 0.6 is 11.7 Å². The second kappa shape index (κ2) is 5.09. The van der Waals surface area contributed by atoms with Gasteiger partial charge in [0.25, 0.3) is 0 Å². The molecule has 0 unspecified atom stereocenters. The molecule has 110 valence electrons. The summed E-state index contributed by atoms with van der Waals surface area (Å²) in [7, 11) is -3.76. The molecular weight excluding hydrogens is 389 g/mol. The number of sulfonamides is 1. The van der Waals surface area contributed by atoms with Crippen LogP contribution in [0.25, 0.3) is 22.1 Å². The second-order valence-corrected chi connectivity index (χ2v) is 7.72. The van der Waals surface area contributed by atoms with Gasteiger partial charge in [0, 0.05) is 0 Å². The zero-order valence-corrected chi connectivity index (χ0v) is 14.1. The Morgan fingerprint density at radius 3 is 2.68 bits per heavy atom. The van der Waals surface area contributed by atoms with Crippen molar-refractivity contribution in [2.75, 3.05) is 4.72 Å². The molecule has 0 saturated heterocycles. The van der Waals surface area contributed by atoms with Crippen molar-refractivity contribution in [3.8, 4) is 0 Å². The molecular formula is C12H7N5O2S2Se. The molecule has 0 bridgehead atoms. The summed E-state index contributed by atoms with van der Waals surface area (Å²) < 4.78 is 44.6. The molecule has 1 N–H and O–H groups in total. The third kappa shape index (κ3) is 2.20. The zero-order valence-electron chi connectivity index (χ0n) is 10.8. The second-order valence-electron chi connectivity index (χ2n) is 4.43. The molecule has 2 aromatic carbocycles. The van der Waals surface area contributed by atoms with E-state index < -0.39 is 10.0 Å². The fourth-order valence-corrected chi connectivity index (χ4v) is 5.15. The summed E-state index contributed by atoms with van der Waals surface area (Å²) >= 11 is 0.758. The topological polar surface area (TPSA) is 97.7 Å². The summed E-state index contributed by atoms with van der Waals surface area (Å²) in [5, 5.41) is 0. The van der Waals surface area contributed by atoms with Crippen molar-refractivity contribution >= 4 is 64.5 Å². The van der Waals surface area contributed by atoms with Crippen LogP contribution in [-0.2, 0) is 10.0 Å². The van der Waals surface area contributed by atoms with Gasteiger partial charge in [-0.25, -0.2) is 0 Å².